The Labute approximate surface area is 115 Å². The third-order valence-corrected chi connectivity index (χ3v) is 5.85. The molecular formula is C13H24N2O3S. The van der Waals surface area contributed by atoms with E-state index in [9.17, 15) is 13.2 Å². The number of carbonyl (C=O) groups excluding carboxylic acids is 1. The molecule has 0 aromatic carbocycles. The van der Waals surface area contributed by atoms with E-state index < -0.39 is 9.84 Å². The van der Waals surface area contributed by atoms with Crippen molar-refractivity contribution in [3.63, 3.8) is 0 Å². The first-order valence-electron chi connectivity index (χ1n) is 7.12. The molecule has 110 valence electrons. The molecule has 5 nitrogen and oxygen atoms in total. The smallest absolute Gasteiger partial charge is 0.224 e. The summed E-state index contributed by atoms with van der Waals surface area (Å²) in [6, 6.07) is 0.118. The van der Waals surface area contributed by atoms with E-state index in [0.717, 1.165) is 19.4 Å². The van der Waals surface area contributed by atoms with E-state index in [1.54, 1.807) is 0 Å². The highest BCUT2D eigenvalue weighted by molar-refractivity contribution is 7.91. The van der Waals surface area contributed by atoms with E-state index in [2.05, 4.69) is 19.2 Å². The summed E-state index contributed by atoms with van der Waals surface area (Å²) in [5, 5.41) is 3.15. The van der Waals surface area contributed by atoms with Gasteiger partial charge < -0.3 is 10.2 Å². The molecule has 0 aliphatic carbocycles. The van der Waals surface area contributed by atoms with E-state index >= 15 is 0 Å². The number of hydrogen-bond acceptors (Lipinski definition) is 4. The van der Waals surface area contributed by atoms with Gasteiger partial charge in [0.15, 0.2) is 9.84 Å². The van der Waals surface area contributed by atoms with Crippen molar-refractivity contribution in [2.24, 2.45) is 5.92 Å². The zero-order chi connectivity index (χ0) is 14.0. The molecule has 1 amide bonds. The Hall–Kier alpha value is -0.620. The minimum absolute atomic E-state index is 0.0962. The molecule has 0 aromatic rings. The monoisotopic (exact) mass is 288 g/mol. The van der Waals surface area contributed by atoms with Crippen LogP contribution in [-0.2, 0) is 14.6 Å². The van der Waals surface area contributed by atoms with E-state index in [1.807, 2.05) is 4.90 Å². The van der Waals surface area contributed by atoms with Gasteiger partial charge in [-0.15, -0.1) is 0 Å². The number of likely N-dealkylation sites (tertiary alicyclic amines) is 1. The van der Waals surface area contributed by atoms with E-state index in [4.69, 9.17) is 0 Å². The highest BCUT2D eigenvalue weighted by atomic mass is 32.2. The first kappa shape index (κ1) is 14.8. The molecule has 2 aliphatic heterocycles. The van der Waals surface area contributed by atoms with Crippen LogP contribution in [0.25, 0.3) is 0 Å². The predicted octanol–water partition coefficient (Wildman–Crippen LogP) is 0.410. The Balaban J connectivity index is 1.93. The van der Waals surface area contributed by atoms with Crippen LogP contribution < -0.4 is 5.32 Å². The van der Waals surface area contributed by atoms with Crippen LogP contribution in [0.15, 0.2) is 0 Å². The average molecular weight is 288 g/mol. The van der Waals surface area contributed by atoms with Gasteiger partial charge in [0.05, 0.1) is 11.5 Å². The second-order valence-corrected chi connectivity index (χ2v) is 8.24. The number of nitrogens with zero attached hydrogens (tertiary/aromatic N) is 1. The maximum Gasteiger partial charge on any atom is 0.224 e. The molecule has 2 fully saturated rings. The number of hydrogen-bond donors (Lipinski definition) is 1. The molecule has 0 saturated carbocycles. The lowest BCUT2D eigenvalue weighted by molar-refractivity contribution is -0.133. The van der Waals surface area contributed by atoms with E-state index in [0.29, 0.717) is 24.9 Å². The van der Waals surface area contributed by atoms with E-state index in [1.165, 1.54) is 0 Å². The Morgan fingerprint density at radius 3 is 2.79 bits per heavy atom. The van der Waals surface area contributed by atoms with Gasteiger partial charge in [-0.1, -0.05) is 13.8 Å². The molecule has 6 heteroatoms. The normalized spacial score (nSPS) is 30.8. The van der Waals surface area contributed by atoms with Crippen molar-refractivity contribution in [2.45, 2.75) is 45.2 Å². The lowest BCUT2D eigenvalue weighted by atomic mass is 10.0. The lowest BCUT2D eigenvalue weighted by Gasteiger charge is -2.30. The van der Waals surface area contributed by atoms with Crippen LogP contribution in [0.5, 0.6) is 0 Å². The highest BCUT2D eigenvalue weighted by Gasteiger charge is 2.33. The molecule has 0 radical (unpaired) electrons. The van der Waals surface area contributed by atoms with Gasteiger partial charge in [0.1, 0.15) is 0 Å². The van der Waals surface area contributed by atoms with Gasteiger partial charge in [-0.2, -0.15) is 0 Å². The first-order valence-corrected chi connectivity index (χ1v) is 8.94. The van der Waals surface area contributed by atoms with Gasteiger partial charge >= 0.3 is 0 Å². The highest BCUT2D eigenvalue weighted by Crippen LogP contribution is 2.24. The topological polar surface area (TPSA) is 66.5 Å². The summed E-state index contributed by atoms with van der Waals surface area (Å²) < 4.78 is 23.1. The molecule has 19 heavy (non-hydrogen) atoms. The zero-order valence-electron chi connectivity index (χ0n) is 11.8. The molecule has 2 rings (SSSR count). The molecule has 2 aliphatic rings. The molecule has 0 bridgehead atoms. The molecular weight excluding hydrogens is 264 g/mol. The van der Waals surface area contributed by atoms with Crippen LogP contribution in [0.3, 0.4) is 0 Å². The third-order valence-electron chi connectivity index (χ3n) is 4.11. The Bertz CT molecular complexity index is 433. The second-order valence-electron chi connectivity index (χ2n) is 6.01. The van der Waals surface area contributed by atoms with Crippen molar-refractivity contribution < 1.29 is 13.2 Å². The quantitative estimate of drug-likeness (QED) is 0.817. The van der Waals surface area contributed by atoms with Gasteiger partial charge in [-0.3, -0.25) is 4.79 Å². The fourth-order valence-electron chi connectivity index (χ4n) is 3.12. The van der Waals surface area contributed by atoms with E-state index in [-0.39, 0.29) is 23.5 Å². The molecule has 0 spiro atoms. The van der Waals surface area contributed by atoms with Crippen molar-refractivity contribution >= 4 is 15.7 Å². The summed E-state index contributed by atoms with van der Waals surface area (Å²) in [5.41, 5.74) is 0. The molecule has 2 unspecified atom stereocenters. The second kappa shape index (κ2) is 5.79. The van der Waals surface area contributed by atoms with Gasteiger partial charge in [0.25, 0.3) is 0 Å². The summed E-state index contributed by atoms with van der Waals surface area (Å²) in [6.07, 6.45) is 2.44. The van der Waals surface area contributed by atoms with Crippen LogP contribution in [0, 0.1) is 5.92 Å². The fraction of sp³-hybridized carbons (Fsp3) is 0.923. The number of rotatable bonds is 3. The number of nitrogens with one attached hydrogen (secondary N) is 1. The van der Waals surface area contributed by atoms with Crippen LogP contribution in [0.4, 0.5) is 0 Å². The SMILES string of the molecule is CC(C)C1CCCN1C(=O)CC1CS(=O)(=O)CCN1. The zero-order valence-corrected chi connectivity index (χ0v) is 12.6. The summed E-state index contributed by atoms with van der Waals surface area (Å²) in [4.78, 5) is 14.3. The minimum Gasteiger partial charge on any atom is -0.339 e. The van der Waals surface area contributed by atoms with Crippen molar-refractivity contribution in [1.29, 1.82) is 0 Å². The Morgan fingerprint density at radius 2 is 2.16 bits per heavy atom. The number of amides is 1. The molecule has 1 N–H and O–H groups in total. The van der Waals surface area contributed by atoms with Crippen LogP contribution in [0.1, 0.15) is 33.1 Å². The Morgan fingerprint density at radius 1 is 1.42 bits per heavy atom. The van der Waals surface area contributed by atoms with Gasteiger partial charge in [-0.05, 0) is 18.8 Å². The summed E-state index contributed by atoms with van der Waals surface area (Å²) in [7, 11) is -2.96. The molecule has 2 heterocycles. The van der Waals surface area contributed by atoms with Crippen molar-refractivity contribution in [2.75, 3.05) is 24.6 Å². The number of carbonyl (C=O) groups is 1. The summed E-state index contributed by atoms with van der Waals surface area (Å²) in [5.74, 6) is 0.856. The van der Waals surface area contributed by atoms with Crippen molar-refractivity contribution in [1.82, 2.24) is 10.2 Å². The van der Waals surface area contributed by atoms with Gasteiger partial charge in [0, 0.05) is 31.6 Å². The molecule has 2 atom stereocenters. The van der Waals surface area contributed by atoms with Crippen molar-refractivity contribution in [3.8, 4) is 0 Å². The molecule has 2 saturated heterocycles. The van der Waals surface area contributed by atoms with Gasteiger partial charge in [-0.25, -0.2) is 8.42 Å². The lowest BCUT2D eigenvalue weighted by Crippen LogP contribution is -2.48. The number of sulfone groups is 1. The third kappa shape index (κ3) is 3.69. The Kier molecular flexibility index (Phi) is 4.50. The first-order chi connectivity index (χ1) is 8.89. The maximum atomic E-state index is 12.3. The van der Waals surface area contributed by atoms with Gasteiger partial charge in [0.2, 0.25) is 5.91 Å². The minimum atomic E-state index is -2.96. The fourth-order valence-corrected chi connectivity index (χ4v) is 4.57. The predicted molar refractivity (Wildman–Crippen MR) is 74.6 cm³/mol. The maximum absolute atomic E-state index is 12.3. The summed E-state index contributed by atoms with van der Waals surface area (Å²) in [6.45, 7) is 5.56. The van der Waals surface area contributed by atoms with Crippen LogP contribution in [-0.4, -0.2) is 55.9 Å². The largest absolute Gasteiger partial charge is 0.339 e. The van der Waals surface area contributed by atoms with Crippen molar-refractivity contribution in [3.05, 3.63) is 0 Å². The molecule has 0 aromatic heterocycles. The van der Waals surface area contributed by atoms with Crippen LogP contribution >= 0.6 is 0 Å². The van der Waals surface area contributed by atoms with Crippen LogP contribution in [0.2, 0.25) is 0 Å². The summed E-state index contributed by atoms with van der Waals surface area (Å²) >= 11 is 0. The standard InChI is InChI=1S/C13H24N2O3S/c1-10(2)12-4-3-6-15(12)13(16)8-11-9-19(17,18)7-5-14-11/h10-12,14H,3-9H2,1-2H3. The average Bonchev–Trinajstić information content (AvgIpc) is 2.76.